The summed E-state index contributed by atoms with van der Waals surface area (Å²) in [5.41, 5.74) is 1.67. The van der Waals surface area contributed by atoms with Crippen LogP contribution in [0, 0.1) is 29.5 Å². The SMILES string of the molecule is [C-]#[N+]c1ccc2c(n1)c(N1CCN(C(c3ccc(F)cc3)c3ccc(F)cc3)C(C(=O)OC(C)C)C1)c(C#N)c(=O)n2C. The molecule has 9 nitrogen and oxygen atoms in total. The highest BCUT2D eigenvalue weighted by molar-refractivity contribution is 5.93. The lowest BCUT2D eigenvalue weighted by molar-refractivity contribution is -0.155. The molecule has 0 bridgehead atoms. The zero-order chi connectivity index (χ0) is 30.8. The minimum atomic E-state index is -0.911. The smallest absolute Gasteiger partial charge is 0.325 e. The number of hydrogen-bond donors (Lipinski definition) is 0. The van der Waals surface area contributed by atoms with E-state index in [4.69, 9.17) is 11.3 Å². The molecule has 1 aliphatic heterocycles. The van der Waals surface area contributed by atoms with Crippen molar-refractivity contribution >= 4 is 28.5 Å². The molecular weight excluding hydrogens is 554 g/mol. The van der Waals surface area contributed by atoms with E-state index in [2.05, 4.69) is 9.83 Å². The second-order valence-corrected chi connectivity index (χ2v) is 10.5. The first-order valence-electron chi connectivity index (χ1n) is 13.7. The summed E-state index contributed by atoms with van der Waals surface area (Å²) in [4.78, 5) is 38.5. The number of anilines is 1. The molecule has 1 aliphatic rings. The fourth-order valence-electron chi connectivity index (χ4n) is 5.55. The van der Waals surface area contributed by atoms with Gasteiger partial charge in [-0.3, -0.25) is 14.5 Å². The van der Waals surface area contributed by atoms with Gasteiger partial charge in [0.1, 0.15) is 35.0 Å². The van der Waals surface area contributed by atoms with Gasteiger partial charge in [-0.1, -0.05) is 30.8 Å². The van der Waals surface area contributed by atoms with E-state index < -0.39 is 41.4 Å². The van der Waals surface area contributed by atoms with Crippen molar-refractivity contribution < 1.29 is 18.3 Å². The molecule has 2 aromatic heterocycles. The predicted molar refractivity (Wildman–Crippen MR) is 157 cm³/mol. The normalized spacial score (nSPS) is 15.5. The highest BCUT2D eigenvalue weighted by Crippen LogP contribution is 2.36. The lowest BCUT2D eigenvalue weighted by atomic mass is 9.94. The van der Waals surface area contributed by atoms with Gasteiger partial charge in [0.15, 0.2) is 0 Å². The number of aryl methyl sites for hydroxylation is 1. The van der Waals surface area contributed by atoms with Gasteiger partial charge in [-0.2, -0.15) is 5.26 Å². The second kappa shape index (κ2) is 12.0. The molecule has 1 unspecified atom stereocenters. The summed E-state index contributed by atoms with van der Waals surface area (Å²) < 4.78 is 34.8. The number of esters is 1. The molecule has 218 valence electrons. The van der Waals surface area contributed by atoms with Crippen molar-refractivity contribution in [1.29, 1.82) is 5.26 Å². The third-order valence-electron chi connectivity index (χ3n) is 7.49. The van der Waals surface area contributed by atoms with Crippen molar-refractivity contribution in [3.8, 4) is 6.07 Å². The molecule has 2 aromatic carbocycles. The molecule has 1 fully saturated rings. The number of piperazine rings is 1. The van der Waals surface area contributed by atoms with Crippen LogP contribution in [0.5, 0.6) is 0 Å². The van der Waals surface area contributed by atoms with Crippen LogP contribution in [0.3, 0.4) is 0 Å². The Bertz CT molecular complexity index is 1780. The summed E-state index contributed by atoms with van der Waals surface area (Å²) in [7, 11) is 1.53. The molecule has 11 heteroatoms. The van der Waals surface area contributed by atoms with Gasteiger partial charge in [-0.15, -0.1) is 4.98 Å². The lowest BCUT2D eigenvalue weighted by Gasteiger charge is -2.45. The Morgan fingerprint density at radius 2 is 1.65 bits per heavy atom. The topological polar surface area (TPSA) is 95.8 Å². The maximum Gasteiger partial charge on any atom is 0.325 e. The molecule has 5 rings (SSSR count). The molecule has 1 atom stereocenters. The standard InChI is InChI=1S/C32H28F2N6O3/c1-19(2)43-32(42)26-18-39(30-24(17-35)31(41)38(4)25-13-14-27(36-3)37-28(25)30)15-16-40(26)29(20-5-9-22(33)10-6-20)21-7-11-23(34)12-8-21/h5-14,19,26,29H,15-16,18H2,1-2,4H3. The van der Waals surface area contributed by atoms with Crippen LogP contribution >= 0.6 is 0 Å². The first-order valence-corrected chi connectivity index (χ1v) is 13.7. The number of hydrogen-bond acceptors (Lipinski definition) is 7. The number of pyridine rings is 2. The molecule has 43 heavy (non-hydrogen) atoms. The molecular formula is C32H28F2N6O3. The fourth-order valence-corrected chi connectivity index (χ4v) is 5.55. The summed E-state index contributed by atoms with van der Waals surface area (Å²) in [5, 5.41) is 10.1. The van der Waals surface area contributed by atoms with Gasteiger partial charge in [0.2, 0.25) is 5.52 Å². The molecule has 3 heterocycles. The Morgan fingerprint density at radius 1 is 1.05 bits per heavy atom. The van der Waals surface area contributed by atoms with E-state index in [1.54, 1.807) is 49.1 Å². The average Bonchev–Trinajstić information content (AvgIpc) is 3.00. The van der Waals surface area contributed by atoms with Gasteiger partial charge in [0.25, 0.3) is 11.4 Å². The highest BCUT2D eigenvalue weighted by atomic mass is 19.1. The third kappa shape index (κ3) is 5.68. The van der Waals surface area contributed by atoms with E-state index >= 15 is 0 Å². The van der Waals surface area contributed by atoms with Gasteiger partial charge in [0.05, 0.1) is 17.7 Å². The maximum absolute atomic E-state index is 13.9. The van der Waals surface area contributed by atoms with E-state index in [9.17, 15) is 23.6 Å². The number of rotatable bonds is 6. The van der Waals surface area contributed by atoms with Crippen LogP contribution in [0.15, 0.2) is 65.5 Å². The Kier molecular flexibility index (Phi) is 8.20. The highest BCUT2D eigenvalue weighted by Gasteiger charge is 2.41. The van der Waals surface area contributed by atoms with Crippen molar-refractivity contribution in [3.63, 3.8) is 0 Å². The lowest BCUT2D eigenvalue weighted by Crippen LogP contribution is -2.58. The van der Waals surface area contributed by atoms with Crippen LogP contribution in [-0.2, 0) is 16.6 Å². The van der Waals surface area contributed by atoms with Gasteiger partial charge >= 0.3 is 5.97 Å². The Hall–Kier alpha value is -5.13. The number of carbonyl (C=O) groups excluding carboxylic acids is 1. The minimum absolute atomic E-state index is 0.0192. The van der Waals surface area contributed by atoms with Crippen LogP contribution in [0.4, 0.5) is 20.3 Å². The summed E-state index contributed by atoms with van der Waals surface area (Å²) in [6.45, 7) is 11.5. The molecule has 0 aliphatic carbocycles. The zero-order valence-electron chi connectivity index (χ0n) is 23.8. The van der Waals surface area contributed by atoms with Crippen LogP contribution in [0.1, 0.15) is 36.6 Å². The quantitative estimate of drug-likeness (QED) is 0.237. The summed E-state index contributed by atoms with van der Waals surface area (Å²) in [5.74, 6) is -1.28. The Labute approximate surface area is 247 Å². The number of fused-ring (bicyclic) bond motifs is 1. The molecule has 0 amide bonds. The summed E-state index contributed by atoms with van der Waals surface area (Å²) in [6.07, 6.45) is -0.428. The zero-order valence-corrected chi connectivity index (χ0v) is 23.8. The predicted octanol–water partition coefficient (Wildman–Crippen LogP) is 4.87. The van der Waals surface area contributed by atoms with Gasteiger partial charge in [0, 0.05) is 26.7 Å². The molecule has 0 radical (unpaired) electrons. The molecule has 1 saturated heterocycles. The van der Waals surface area contributed by atoms with Crippen molar-refractivity contribution in [3.05, 3.63) is 111 Å². The Balaban J connectivity index is 1.66. The number of benzene rings is 2. The molecule has 0 spiro atoms. The van der Waals surface area contributed by atoms with Crippen LogP contribution < -0.4 is 10.5 Å². The molecule has 4 aromatic rings. The average molecular weight is 583 g/mol. The van der Waals surface area contributed by atoms with E-state index in [-0.39, 0.29) is 36.7 Å². The first kappa shape index (κ1) is 29.4. The van der Waals surface area contributed by atoms with Gasteiger partial charge in [-0.25, -0.2) is 8.78 Å². The Morgan fingerprint density at radius 3 is 2.19 bits per heavy atom. The van der Waals surface area contributed by atoms with E-state index in [1.165, 1.54) is 41.9 Å². The second-order valence-electron chi connectivity index (χ2n) is 10.5. The van der Waals surface area contributed by atoms with Crippen molar-refractivity contribution in [2.75, 3.05) is 24.5 Å². The summed E-state index contributed by atoms with van der Waals surface area (Å²) >= 11 is 0. The molecule has 0 saturated carbocycles. The van der Waals surface area contributed by atoms with Crippen molar-refractivity contribution in [2.45, 2.75) is 32.0 Å². The maximum atomic E-state index is 13.9. The third-order valence-corrected chi connectivity index (χ3v) is 7.49. The number of nitriles is 1. The van der Waals surface area contributed by atoms with Crippen LogP contribution in [0.2, 0.25) is 0 Å². The minimum Gasteiger partial charge on any atom is -0.462 e. The van der Waals surface area contributed by atoms with E-state index in [0.717, 1.165) is 0 Å². The van der Waals surface area contributed by atoms with E-state index in [0.29, 0.717) is 22.2 Å². The fraction of sp³-hybridized carbons (Fsp3) is 0.281. The number of halogens is 2. The van der Waals surface area contributed by atoms with Gasteiger partial charge < -0.3 is 19.0 Å². The molecule has 0 N–H and O–H groups in total. The number of aromatic nitrogens is 2. The first-order chi connectivity index (χ1) is 20.6. The number of carbonyl (C=O) groups is 1. The van der Waals surface area contributed by atoms with Crippen molar-refractivity contribution in [1.82, 2.24) is 14.5 Å². The van der Waals surface area contributed by atoms with Gasteiger partial charge in [-0.05, 0) is 61.4 Å². The number of ether oxygens (including phenoxy) is 1. The monoisotopic (exact) mass is 582 g/mol. The van der Waals surface area contributed by atoms with Crippen LogP contribution in [0.25, 0.3) is 15.9 Å². The van der Waals surface area contributed by atoms with E-state index in [1.807, 2.05) is 11.0 Å². The van der Waals surface area contributed by atoms with Crippen LogP contribution in [-0.4, -0.2) is 52.2 Å². The summed E-state index contributed by atoms with van der Waals surface area (Å²) in [6, 6.07) is 15.4. The van der Waals surface area contributed by atoms with Crippen molar-refractivity contribution in [2.24, 2.45) is 7.05 Å². The largest absolute Gasteiger partial charge is 0.462 e. The number of nitrogens with zero attached hydrogens (tertiary/aromatic N) is 6.